The zero-order chi connectivity index (χ0) is 26.4. The molecule has 0 aromatic heterocycles. The second-order valence-corrected chi connectivity index (χ2v) is 11.3. The minimum absolute atomic E-state index is 0.193. The highest BCUT2D eigenvalue weighted by molar-refractivity contribution is 14.1. The molecule has 0 bridgehead atoms. The fourth-order valence-corrected chi connectivity index (χ4v) is 5.47. The molecule has 37 heavy (non-hydrogen) atoms. The molecule has 1 saturated heterocycles. The maximum absolute atomic E-state index is 13.0. The highest BCUT2D eigenvalue weighted by atomic mass is 127. The van der Waals surface area contributed by atoms with E-state index < -0.39 is 0 Å². The highest BCUT2D eigenvalue weighted by Gasteiger charge is 2.35. The Balaban J connectivity index is 1.49. The Morgan fingerprint density at radius 1 is 1.03 bits per heavy atom. The number of ether oxygens (including phenoxy) is 2. The number of nitrogens with zero attached hydrogens (tertiary/aromatic N) is 1. The lowest BCUT2D eigenvalue weighted by Gasteiger charge is -2.15. The Kier molecular flexibility index (Phi) is 9.49. The van der Waals surface area contributed by atoms with E-state index in [0.717, 1.165) is 20.9 Å². The zero-order valence-electron chi connectivity index (χ0n) is 19.7. The normalized spacial score (nSPS) is 14.2. The van der Waals surface area contributed by atoms with E-state index in [-0.39, 0.29) is 30.2 Å². The average Bonchev–Trinajstić information content (AvgIpc) is 3.13. The fourth-order valence-electron chi connectivity index (χ4n) is 3.49. The Hall–Kier alpha value is -2.58. The van der Waals surface area contributed by atoms with Crippen LogP contribution in [0.3, 0.4) is 0 Å². The van der Waals surface area contributed by atoms with E-state index in [1.807, 2.05) is 55.5 Å². The van der Waals surface area contributed by atoms with Crippen molar-refractivity contribution in [2.75, 3.05) is 18.5 Å². The third-order valence-electron chi connectivity index (χ3n) is 5.16. The highest BCUT2D eigenvalue weighted by Crippen LogP contribution is 2.38. The van der Waals surface area contributed by atoms with E-state index in [1.54, 1.807) is 24.3 Å². The summed E-state index contributed by atoms with van der Waals surface area (Å²) in [6.07, 6.45) is 1.68. The van der Waals surface area contributed by atoms with Crippen LogP contribution in [0.4, 0.5) is 10.5 Å². The SMILES string of the molecule is CCOc1cc(/C=C2\SC(=O)N(Cc3ccc(I)cc3)C2=O)cc(I)c1OCC(=O)Nc1ccccc1. The fraction of sp³-hybridized carbons (Fsp3) is 0.148. The standard InChI is InChI=1S/C27H22I2N2O5S/c1-2-35-22-13-18(12-21(29)25(22)36-16-24(32)30-20-6-4-3-5-7-20)14-23-26(33)31(27(34)37-23)15-17-8-10-19(28)11-9-17/h3-14H,2,15-16H2,1H3,(H,30,32)/b23-14-. The summed E-state index contributed by atoms with van der Waals surface area (Å²) in [6, 6.07) is 20.4. The number of thioether (sulfide) groups is 1. The number of carbonyl (C=O) groups is 3. The van der Waals surface area contributed by atoms with Crippen molar-refractivity contribution in [3.05, 3.63) is 89.9 Å². The molecule has 4 rings (SSSR count). The van der Waals surface area contributed by atoms with Gasteiger partial charge in [-0.05, 0) is 117 Å². The lowest BCUT2D eigenvalue weighted by Crippen LogP contribution is -2.27. The van der Waals surface area contributed by atoms with Crippen molar-refractivity contribution in [1.29, 1.82) is 0 Å². The molecule has 0 saturated carbocycles. The van der Waals surface area contributed by atoms with Crippen LogP contribution in [0.15, 0.2) is 71.6 Å². The third kappa shape index (κ3) is 7.26. The molecule has 10 heteroatoms. The van der Waals surface area contributed by atoms with E-state index in [2.05, 4.69) is 50.5 Å². The summed E-state index contributed by atoms with van der Waals surface area (Å²) in [6.45, 7) is 2.26. The molecule has 7 nitrogen and oxygen atoms in total. The van der Waals surface area contributed by atoms with Gasteiger partial charge in [0.25, 0.3) is 17.1 Å². The molecule has 0 atom stereocenters. The molecule has 1 N–H and O–H groups in total. The Morgan fingerprint density at radius 2 is 1.76 bits per heavy atom. The first-order valence-electron chi connectivity index (χ1n) is 11.3. The van der Waals surface area contributed by atoms with Crippen LogP contribution in [0.5, 0.6) is 11.5 Å². The molecule has 0 unspecified atom stereocenters. The maximum Gasteiger partial charge on any atom is 0.293 e. The van der Waals surface area contributed by atoms with Crippen molar-refractivity contribution in [2.24, 2.45) is 0 Å². The molecule has 0 spiro atoms. The Bertz CT molecular complexity index is 1350. The van der Waals surface area contributed by atoms with Crippen LogP contribution in [-0.2, 0) is 16.1 Å². The van der Waals surface area contributed by atoms with Crippen LogP contribution in [-0.4, -0.2) is 35.2 Å². The molecule has 1 heterocycles. The first-order valence-corrected chi connectivity index (χ1v) is 14.2. The minimum Gasteiger partial charge on any atom is -0.490 e. The molecule has 0 aliphatic carbocycles. The minimum atomic E-state index is -0.334. The summed E-state index contributed by atoms with van der Waals surface area (Å²) in [7, 11) is 0. The lowest BCUT2D eigenvalue weighted by molar-refractivity contribution is -0.123. The van der Waals surface area contributed by atoms with Gasteiger partial charge in [0.2, 0.25) is 0 Å². The molecule has 3 aromatic rings. The number of hydrogen-bond acceptors (Lipinski definition) is 6. The number of imide groups is 1. The third-order valence-corrected chi connectivity index (χ3v) is 7.59. The van der Waals surface area contributed by atoms with Gasteiger partial charge in [0.1, 0.15) is 0 Å². The van der Waals surface area contributed by atoms with E-state index >= 15 is 0 Å². The van der Waals surface area contributed by atoms with Gasteiger partial charge < -0.3 is 14.8 Å². The summed E-state index contributed by atoms with van der Waals surface area (Å²) in [4.78, 5) is 39.5. The first kappa shape index (κ1) is 27.5. The summed E-state index contributed by atoms with van der Waals surface area (Å²) in [5.74, 6) is 0.260. The molecule has 1 aliphatic heterocycles. The second-order valence-electron chi connectivity index (χ2n) is 7.86. The molecule has 1 fully saturated rings. The number of hydrogen-bond donors (Lipinski definition) is 1. The number of anilines is 1. The molecule has 1 aliphatic rings. The van der Waals surface area contributed by atoms with Gasteiger partial charge in [-0.15, -0.1) is 0 Å². The quantitative estimate of drug-likeness (QED) is 0.198. The van der Waals surface area contributed by atoms with Crippen LogP contribution in [0.2, 0.25) is 0 Å². The average molecular weight is 740 g/mol. The predicted molar refractivity (Wildman–Crippen MR) is 162 cm³/mol. The van der Waals surface area contributed by atoms with Crippen molar-refractivity contribution in [3.63, 3.8) is 0 Å². The van der Waals surface area contributed by atoms with Crippen LogP contribution in [0.1, 0.15) is 18.1 Å². The largest absolute Gasteiger partial charge is 0.490 e. The summed E-state index contributed by atoms with van der Waals surface area (Å²) >= 11 is 5.23. The van der Waals surface area contributed by atoms with Crippen LogP contribution >= 0.6 is 56.9 Å². The number of benzene rings is 3. The zero-order valence-corrected chi connectivity index (χ0v) is 24.8. The number of rotatable bonds is 9. The van der Waals surface area contributed by atoms with Crippen molar-refractivity contribution < 1.29 is 23.9 Å². The molecular formula is C27H22I2N2O5S. The Labute approximate surface area is 246 Å². The maximum atomic E-state index is 13.0. The van der Waals surface area contributed by atoms with Gasteiger partial charge in [-0.1, -0.05) is 30.3 Å². The van der Waals surface area contributed by atoms with E-state index in [4.69, 9.17) is 9.47 Å². The van der Waals surface area contributed by atoms with Crippen molar-refractivity contribution in [1.82, 2.24) is 4.90 Å². The summed E-state index contributed by atoms with van der Waals surface area (Å²) < 4.78 is 13.4. The smallest absolute Gasteiger partial charge is 0.293 e. The molecular weight excluding hydrogens is 718 g/mol. The van der Waals surface area contributed by atoms with Gasteiger partial charge in [0.15, 0.2) is 18.1 Å². The number of carbonyl (C=O) groups excluding carboxylic acids is 3. The van der Waals surface area contributed by atoms with Crippen molar-refractivity contribution in [3.8, 4) is 11.5 Å². The number of amides is 3. The summed E-state index contributed by atoms with van der Waals surface area (Å²) in [5.41, 5.74) is 2.26. The Morgan fingerprint density at radius 3 is 2.46 bits per heavy atom. The predicted octanol–water partition coefficient (Wildman–Crippen LogP) is 6.55. The molecule has 3 aromatic carbocycles. The van der Waals surface area contributed by atoms with Crippen LogP contribution in [0, 0.1) is 7.14 Å². The lowest BCUT2D eigenvalue weighted by atomic mass is 10.1. The topological polar surface area (TPSA) is 84.9 Å². The molecule has 0 radical (unpaired) electrons. The molecule has 190 valence electrons. The number of para-hydroxylation sites is 1. The van der Waals surface area contributed by atoms with Crippen molar-refractivity contribution >= 4 is 85.8 Å². The second kappa shape index (κ2) is 12.8. The summed E-state index contributed by atoms with van der Waals surface area (Å²) in [5, 5.41) is 2.48. The monoisotopic (exact) mass is 740 g/mol. The number of halogens is 2. The van der Waals surface area contributed by atoms with Gasteiger partial charge in [-0.25, -0.2) is 0 Å². The van der Waals surface area contributed by atoms with E-state index in [1.165, 1.54) is 4.90 Å². The molecule has 3 amide bonds. The van der Waals surface area contributed by atoms with E-state index in [9.17, 15) is 14.4 Å². The van der Waals surface area contributed by atoms with Gasteiger partial charge >= 0.3 is 0 Å². The number of nitrogens with one attached hydrogen (secondary N) is 1. The van der Waals surface area contributed by atoms with Gasteiger partial charge in [-0.2, -0.15) is 0 Å². The van der Waals surface area contributed by atoms with E-state index in [0.29, 0.717) is 37.8 Å². The van der Waals surface area contributed by atoms with Crippen LogP contribution in [0.25, 0.3) is 6.08 Å². The van der Waals surface area contributed by atoms with Crippen molar-refractivity contribution in [2.45, 2.75) is 13.5 Å². The van der Waals surface area contributed by atoms with Crippen LogP contribution < -0.4 is 14.8 Å². The first-order chi connectivity index (χ1) is 17.8. The van der Waals surface area contributed by atoms with Gasteiger partial charge in [0.05, 0.1) is 21.6 Å². The van der Waals surface area contributed by atoms with Gasteiger partial charge in [-0.3, -0.25) is 19.3 Å². The van der Waals surface area contributed by atoms with Gasteiger partial charge in [0, 0.05) is 9.26 Å².